The van der Waals surface area contributed by atoms with Crippen molar-refractivity contribution in [2.45, 2.75) is 38.5 Å². The molecule has 0 aromatic carbocycles. The smallest absolute Gasteiger partial charge is 0.298 e. The number of Topliss-reactive ketones (excluding diaryl/α,β-unsaturated/α-hetero) is 1. The van der Waals surface area contributed by atoms with Crippen LogP contribution in [0, 0.1) is 86.9 Å². The van der Waals surface area contributed by atoms with Crippen LogP contribution in [0.3, 0.4) is 0 Å². The van der Waals surface area contributed by atoms with Gasteiger partial charge in [0, 0.05) is 11.3 Å². The van der Waals surface area contributed by atoms with Crippen LogP contribution in [-0.2, 0) is 21.9 Å². The Kier molecular flexibility index (Phi) is 5.95. The second kappa shape index (κ2) is 7.61. The van der Waals surface area contributed by atoms with Gasteiger partial charge in [0.2, 0.25) is 0 Å². The fourth-order valence-electron chi connectivity index (χ4n) is 5.54. The van der Waals surface area contributed by atoms with Crippen molar-refractivity contribution >= 4 is 5.78 Å². The summed E-state index contributed by atoms with van der Waals surface area (Å²) in [6, 6.07) is 0. The molecule has 6 fully saturated rings. The van der Waals surface area contributed by atoms with Gasteiger partial charge in [-0.25, -0.2) is 0 Å². The Hall–Kier alpha value is 0.189. The molecule has 0 N–H and O–H groups in total. The van der Waals surface area contributed by atoms with Crippen LogP contribution in [0.5, 0.6) is 0 Å². The van der Waals surface area contributed by atoms with Crippen molar-refractivity contribution in [2.75, 3.05) is 0 Å². The molecule has 10 radical (unpaired) electrons. The third-order valence-corrected chi connectivity index (χ3v) is 6.00. The molecule has 6 aliphatic carbocycles. The van der Waals surface area contributed by atoms with E-state index < -0.39 is 0 Å². The van der Waals surface area contributed by atoms with Crippen LogP contribution in [0.2, 0.25) is 0 Å². The first-order valence-corrected chi connectivity index (χ1v) is 8.68. The maximum Gasteiger partial charge on any atom is 2.00 e. The fraction of sp³-hybridized carbons (Fsp3) is 0.476. The molecule has 6 saturated carbocycles. The summed E-state index contributed by atoms with van der Waals surface area (Å²) in [5.41, 5.74) is 0.0447. The van der Waals surface area contributed by atoms with Gasteiger partial charge in [-0.1, -0.05) is 0 Å². The zero-order valence-electron chi connectivity index (χ0n) is 13.4. The molecule has 0 unspecified atom stereocenters. The topological polar surface area (TPSA) is 17.1 Å². The minimum Gasteiger partial charge on any atom is -0.298 e. The van der Waals surface area contributed by atoms with Gasteiger partial charge in [0.15, 0.2) is 0 Å². The Labute approximate surface area is 153 Å². The van der Waals surface area contributed by atoms with Gasteiger partial charge in [-0.3, -0.25) is 4.79 Å². The van der Waals surface area contributed by atoms with Gasteiger partial charge in [0.1, 0.15) is 5.78 Å². The van der Waals surface area contributed by atoms with Gasteiger partial charge in [0.05, 0.1) is 0 Å². The molecule has 0 atom stereocenters. The maximum absolute atomic E-state index is 12.8. The molecular formula is C21H24FeO+2. The maximum atomic E-state index is 12.8. The Bertz CT molecular complexity index is 363. The average molecular weight is 348 g/mol. The van der Waals surface area contributed by atoms with E-state index in [-0.39, 0.29) is 22.5 Å². The summed E-state index contributed by atoms with van der Waals surface area (Å²) in [7, 11) is 0. The van der Waals surface area contributed by atoms with Crippen LogP contribution in [0.1, 0.15) is 38.5 Å². The Morgan fingerprint density at radius 1 is 0.739 bits per heavy atom. The van der Waals surface area contributed by atoms with E-state index >= 15 is 0 Å². The normalized spacial score (nSPS) is 41.3. The van der Waals surface area contributed by atoms with Crippen LogP contribution in [0.25, 0.3) is 0 Å². The van der Waals surface area contributed by atoms with Crippen molar-refractivity contribution < 1.29 is 21.9 Å². The van der Waals surface area contributed by atoms with Crippen molar-refractivity contribution in [1.82, 2.24) is 0 Å². The third kappa shape index (κ3) is 3.74. The largest absolute Gasteiger partial charge is 2.00 e. The first-order valence-electron chi connectivity index (χ1n) is 8.68. The van der Waals surface area contributed by atoms with E-state index in [1.165, 1.54) is 38.5 Å². The number of ketones is 1. The molecule has 4 bridgehead atoms. The number of rotatable bonds is 2. The third-order valence-electron chi connectivity index (χ3n) is 6.00. The summed E-state index contributed by atoms with van der Waals surface area (Å²) < 4.78 is 0. The molecule has 0 aromatic rings. The van der Waals surface area contributed by atoms with Gasteiger partial charge < -0.3 is 0 Å². The van der Waals surface area contributed by atoms with E-state index in [0.29, 0.717) is 5.78 Å². The van der Waals surface area contributed by atoms with Crippen molar-refractivity contribution in [3.8, 4) is 0 Å². The molecular weight excluding hydrogens is 324 g/mol. The van der Waals surface area contributed by atoms with Gasteiger partial charge in [-0.2, -0.15) is 0 Å². The predicted molar refractivity (Wildman–Crippen MR) is 87.6 cm³/mol. The number of hydrogen-bond acceptors (Lipinski definition) is 1. The van der Waals surface area contributed by atoms with E-state index in [4.69, 9.17) is 0 Å². The molecule has 2 heteroatoms. The monoisotopic (exact) mass is 348 g/mol. The van der Waals surface area contributed by atoms with E-state index in [1.54, 1.807) is 0 Å². The average Bonchev–Trinajstić information content (AvgIpc) is 3.21. The number of hydrogen-bond donors (Lipinski definition) is 0. The zero-order valence-corrected chi connectivity index (χ0v) is 14.5. The molecule has 0 amide bonds. The van der Waals surface area contributed by atoms with E-state index in [9.17, 15) is 4.79 Å². The molecule has 0 spiro atoms. The summed E-state index contributed by atoms with van der Waals surface area (Å²) in [6.45, 7) is 0. The molecule has 6 aliphatic rings. The first kappa shape index (κ1) is 18.0. The summed E-state index contributed by atoms with van der Waals surface area (Å²) >= 11 is 0. The minimum atomic E-state index is 0. The molecule has 0 aliphatic heterocycles. The SMILES string of the molecule is O=C([C]1[CH][CH][CH][CH]1)C12CC3CC(CC(C3)C1)C2.[CH]1[CH][CH][CH][CH]1.[Fe+2]. The summed E-state index contributed by atoms with van der Waals surface area (Å²) in [6.07, 6.45) is 25.8. The van der Waals surface area contributed by atoms with E-state index in [2.05, 4.69) is 0 Å². The minimum absolute atomic E-state index is 0. The second-order valence-electron chi connectivity index (χ2n) is 7.66. The zero-order chi connectivity index (χ0) is 15.0. The predicted octanol–water partition coefficient (Wildman–Crippen LogP) is 4.20. The molecule has 6 rings (SSSR count). The first-order chi connectivity index (χ1) is 10.8. The Morgan fingerprint density at radius 3 is 1.52 bits per heavy atom. The standard InChI is InChI=1S/C16H19O.C5H5.Fe/c17-15(14-3-1-2-4-14)16-8-11-5-12(9-16)7-13(6-11)10-16;1-2-4-5-3-1;/h1-4,11-13H,5-10H2;1-5H;/q;;+2. The van der Waals surface area contributed by atoms with Crippen molar-refractivity contribution in [2.24, 2.45) is 23.2 Å². The van der Waals surface area contributed by atoms with E-state index in [0.717, 1.165) is 23.7 Å². The van der Waals surface area contributed by atoms with Crippen molar-refractivity contribution in [1.29, 1.82) is 0 Å². The number of carbonyl (C=O) groups excluding carboxylic acids is 1. The van der Waals surface area contributed by atoms with Gasteiger partial charge >= 0.3 is 17.1 Å². The summed E-state index contributed by atoms with van der Waals surface area (Å²) in [5, 5.41) is 0. The quantitative estimate of drug-likeness (QED) is 0.684. The second-order valence-corrected chi connectivity index (χ2v) is 7.66. The van der Waals surface area contributed by atoms with E-state index in [1.807, 2.05) is 57.8 Å². The van der Waals surface area contributed by atoms with Crippen LogP contribution in [0.15, 0.2) is 0 Å². The molecule has 0 saturated heterocycles. The summed E-state index contributed by atoms with van der Waals surface area (Å²) in [4.78, 5) is 12.8. The van der Waals surface area contributed by atoms with Crippen molar-refractivity contribution in [3.05, 3.63) is 63.7 Å². The molecule has 0 aromatic heterocycles. The Balaban J connectivity index is 0.000000226. The van der Waals surface area contributed by atoms with Gasteiger partial charge in [0.25, 0.3) is 0 Å². The summed E-state index contributed by atoms with van der Waals surface area (Å²) in [5.74, 6) is 4.01. The van der Waals surface area contributed by atoms with Crippen LogP contribution in [-0.4, -0.2) is 5.78 Å². The van der Waals surface area contributed by atoms with Crippen molar-refractivity contribution in [3.63, 3.8) is 0 Å². The van der Waals surface area contributed by atoms with Gasteiger partial charge in [-0.05, 0) is 114 Å². The Morgan fingerprint density at radius 2 is 1.13 bits per heavy atom. The van der Waals surface area contributed by atoms with Gasteiger partial charge in [-0.15, -0.1) is 0 Å². The number of carbonyl (C=O) groups is 1. The fourth-order valence-corrected chi connectivity index (χ4v) is 5.54. The molecule has 120 valence electrons. The van der Waals surface area contributed by atoms with Crippen LogP contribution in [0.4, 0.5) is 0 Å². The van der Waals surface area contributed by atoms with Crippen LogP contribution < -0.4 is 0 Å². The molecule has 0 heterocycles. The molecule has 23 heavy (non-hydrogen) atoms. The molecule has 1 nitrogen and oxygen atoms in total. The van der Waals surface area contributed by atoms with Crippen LogP contribution >= 0.6 is 0 Å².